The van der Waals surface area contributed by atoms with Crippen LogP contribution in [0.3, 0.4) is 0 Å². The van der Waals surface area contributed by atoms with Crippen LogP contribution in [0.5, 0.6) is 0 Å². The van der Waals surface area contributed by atoms with Crippen LogP contribution in [0.25, 0.3) is 0 Å². The molecule has 1 aliphatic heterocycles. The quantitative estimate of drug-likeness (QED) is 0.664. The van der Waals surface area contributed by atoms with Crippen LogP contribution >= 0.6 is 0 Å². The first-order valence-corrected chi connectivity index (χ1v) is 6.05. The van der Waals surface area contributed by atoms with E-state index < -0.39 is 5.97 Å². The Kier molecular flexibility index (Phi) is 5.21. The molecule has 98 valence electrons. The zero-order valence-corrected chi connectivity index (χ0v) is 10.2. The second kappa shape index (κ2) is 6.44. The van der Waals surface area contributed by atoms with E-state index in [1.807, 2.05) is 6.92 Å². The number of carbonyl (C=O) groups is 2. The number of carboxylic acid groups (broad SMARTS) is 1. The SMILES string of the molecule is CCC(CC(=O)O)NC(=O)N1CCC(N)CC1. The van der Waals surface area contributed by atoms with Gasteiger partial charge in [-0.05, 0) is 19.3 Å². The van der Waals surface area contributed by atoms with Crippen molar-refractivity contribution in [1.82, 2.24) is 10.2 Å². The van der Waals surface area contributed by atoms with Crippen LogP contribution in [0.4, 0.5) is 4.79 Å². The van der Waals surface area contributed by atoms with Gasteiger partial charge in [0.15, 0.2) is 0 Å². The second-order valence-electron chi connectivity index (χ2n) is 4.48. The molecule has 0 saturated carbocycles. The molecule has 0 aromatic heterocycles. The van der Waals surface area contributed by atoms with Gasteiger partial charge < -0.3 is 21.1 Å². The highest BCUT2D eigenvalue weighted by atomic mass is 16.4. The number of aliphatic carboxylic acids is 1. The average Bonchev–Trinajstić information content (AvgIpc) is 2.28. The molecule has 1 fully saturated rings. The van der Waals surface area contributed by atoms with Crippen molar-refractivity contribution < 1.29 is 14.7 Å². The topological polar surface area (TPSA) is 95.7 Å². The molecule has 0 aromatic carbocycles. The lowest BCUT2D eigenvalue weighted by Crippen LogP contribution is -2.50. The highest BCUT2D eigenvalue weighted by molar-refractivity contribution is 5.76. The van der Waals surface area contributed by atoms with Crippen molar-refractivity contribution in [2.45, 2.75) is 44.7 Å². The molecule has 1 saturated heterocycles. The molecular formula is C11H21N3O3. The number of carboxylic acids is 1. The number of piperidine rings is 1. The molecule has 2 amide bonds. The summed E-state index contributed by atoms with van der Waals surface area (Å²) in [6, 6.07) is -0.291. The van der Waals surface area contributed by atoms with E-state index in [0.29, 0.717) is 19.5 Å². The maximum absolute atomic E-state index is 11.8. The largest absolute Gasteiger partial charge is 0.481 e. The van der Waals surface area contributed by atoms with Gasteiger partial charge in [-0.3, -0.25) is 4.79 Å². The minimum atomic E-state index is -0.891. The Labute approximate surface area is 101 Å². The zero-order valence-electron chi connectivity index (χ0n) is 10.2. The van der Waals surface area contributed by atoms with Gasteiger partial charge in [-0.25, -0.2) is 4.79 Å². The van der Waals surface area contributed by atoms with Gasteiger partial charge in [0.2, 0.25) is 0 Å². The fourth-order valence-electron chi connectivity index (χ4n) is 1.88. The minimum Gasteiger partial charge on any atom is -0.481 e. The normalized spacial score (nSPS) is 18.8. The van der Waals surface area contributed by atoms with Crippen LogP contribution in [0.1, 0.15) is 32.6 Å². The molecule has 0 aromatic rings. The summed E-state index contributed by atoms with van der Waals surface area (Å²) in [6.07, 6.45) is 2.20. The van der Waals surface area contributed by atoms with Crippen molar-refractivity contribution in [2.75, 3.05) is 13.1 Å². The summed E-state index contributed by atoms with van der Waals surface area (Å²) in [5, 5.41) is 11.4. The Hall–Kier alpha value is -1.30. The lowest BCUT2D eigenvalue weighted by atomic mass is 10.1. The highest BCUT2D eigenvalue weighted by Crippen LogP contribution is 2.09. The standard InChI is InChI=1S/C11H21N3O3/c1-2-9(7-10(15)16)13-11(17)14-5-3-8(12)4-6-14/h8-9H,2-7,12H2,1H3,(H,13,17)(H,15,16). The van der Waals surface area contributed by atoms with E-state index in [9.17, 15) is 9.59 Å². The smallest absolute Gasteiger partial charge is 0.317 e. The van der Waals surface area contributed by atoms with Crippen LogP contribution in [0.15, 0.2) is 0 Å². The number of hydrogen-bond donors (Lipinski definition) is 3. The van der Waals surface area contributed by atoms with Gasteiger partial charge in [0, 0.05) is 25.2 Å². The van der Waals surface area contributed by atoms with Crippen LogP contribution in [-0.4, -0.2) is 47.2 Å². The van der Waals surface area contributed by atoms with Gasteiger partial charge in [0.05, 0.1) is 6.42 Å². The molecule has 4 N–H and O–H groups in total. The molecule has 1 unspecified atom stereocenters. The molecule has 0 aliphatic carbocycles. The maximum Gasteiger partial charge on any atom is 0.317 e. The summed E-state index contributed by atoms with van der Waals surface area (Å²) in [6.45, 7) is 3.16. The van der Waals surface area contributed by atoms with E-state index in [1.54, 1.807) is 4.90 Å². The molecule has 0 radical (unpaired) electrons. The second-order valence-corrected chi connectivity index (χ2v) is 4.48. The molecule has 0 spiro atoms. The number of carbonyl (C=O) groups excluding carboxylic acids is 1. The van der Waals surface area contributed by atoms with Crippen LogP contribution < -0.4 is 11.1 Å². The molecule has 17 heavy (non-hydrogen) atoms. The summed E-state index contributed by atoms with van der Waals surface area (Å²) in [5.74, 6) is -0.891. The molecular weight excluding hydrogens is 222 g/mol. The highest BCUT2D eigenvalue weighted by Gasteiger charge is 2.22. The number of hydrogen-bond acceptors (Lipinski definition) is 3. The lowest BCUT2D eigenvalue weighted by Gasteiger charge is -2.31. The van der Waals surface area contributed by atoms with E-state index in [-0.39, 0.29) is 24.5 Å². The Balaban J connectivity index is 2.39. The lowest BCUT2D eigenvalue weighted by molar-refractivity contribution is -0.137. The molecule has 1 atom stereocenters. The van der Waals surface area contributed by atoms with Gasteiger partial charge in [-0.15, -0.1) is 0 Å². The zero-order chi connectivity index (χ0) is 12.8. The monoisotopic (exact) mass is 243 g/mol. The molecule has 6 heteroatoms. The third kappa shape index (κ3) is 4.60. The van der Waals surface area contributed by atoms with Crippen LogP contribution in [0.2, 0.25) is 0 Å². The molecule has 1 heterocycles. The summed E-state index contributed by atoms with van der Waals surface area (Å²) < 4.78 is 0. The number of nitrogens with two attached hydrogens (primary N) is 1. The first kappa shape index (κ1) is 13.8. The number of likely N-dealkylation sites (tertiary alicyclic amines) is 1. The van der Waals surface area contributed by atoms with Gasteiger partial charge in [0.1, 0.15) is 0 Å². The Morgan fingerprint density at radius 1 is 1.47 bits per heavy atom. The van der Waals surface area contributed by atoms with Gasteiger partial charge in [0.25, 0.3) is 0 Å². The number of urea groups is 1. The molecule has 1 aliphatic rings. The summed E-state index contributed by atoms with van der Waals surface area (Å²) >= 11 is 0. The Bertz CT molecular complexity index is 275. The van der Waals surface area contributed by atoms with Crippen molar-refractivity contribution >= 4 is 12.0 Å². The van der Waals surface area contributed by atoms with Crippen molar-refractivity contribution in [3.63, 3.8) is 0 Å². The predicted molar refractivity (Wildman–Crippen MR) is 63.6 cm³/mol. The van der Waals surface area contributed by atoms with Crippen molar-refractivity contribution in [1.29, 1.82) is 0 Å². The third-order valence-corrected chi connectivity index (χ3v) is 3.07. The average molecular weight is 243 g/mol. The Morgan fingerprint density at radius 2 is 2.06 bits per heavy atom. The first-order valence-electron chi connectivity index (χ1n) is 6.05. The molecule has 6 nitrogen and oxygen atoms in total. The predicted octanol–water partition coefficient (Wildman–Crippen LogP) is 0.372. The van der Waals surface area contributed by atoms with Crippen molar-refractivity contribution in [3.8, 4) is 0 Å². The molecule has 0 bridgehead atoms. The van der Waals surface area contributed by atoms with Crippen LogP contribution in [-0.2, 0) is 4.79 Å². The van der Waals surface area contributed by atoms with E-state index in [2.05, 4.69) is 5.32 Å². The first-order chi connectivity index (χ1) is 8.02. The fraction of sp³-hybridized carbons (Fsp3) is 0.818. The summed E-state index contributed by atoms with van der Waals surface area (Å²) in [5.41, 5.74) is 5.75. The number of amides is 2. The molecule has 1 rings (SSSR count). The van der Waals surface area contributed by atoms with Crippen molar-refractivity contribution in [2.24, 2.45) is 5.73 Å². The number of rotatable bonds is 4. The van der Waals surface area contributed by atoms with Gasteiger partial charge in [-0.2, -0.15) is 0 Å². The third-order valence-electron chi connectivity index (χ3n) is 3.07. The number of nitrogens with one attached hydrogen (secondary N) is 1. The van der Waals surface area contributed by atoms with Crippen molar-refractivity contribution in [3.05, 3.63) is 0 Å². The van der Waals surface area contributed by atoms with E-state index in [4.69, 9.17) is 10.8 Å². The maximum atomic E-state index is 11.8. The van der Waals surface area contributed by atoms with E-state index in [1.165, 1.54) is 0 Å². The van der Waals surface area contributed by atoms with Gasteiger partial charge >= 0.3 is 12.0 Å². The fourth-order valence-corrected chi connectivity index (χ4v) is 1.88. The summed E-state index contributed by atoms with van der Waals surface area (Å²) in [7, 11) is 0. The number of nitrogens with zero attached hydrogens (tertiary/aromatic N) is 1. The van der Waals surface area contributed by atoms with Gasteiger partial charge in [-0.1, -0.05) is 6.92 Å². The van der Waals surface area contributed by atoms with E-state index >= 15 is 0 Å². The van der Waals surface area contributed by atoms with Crippen LogP contribution in [0, 0.1) is 0 Å². The summed E-state index contributed by atoms with van der Waals surface area (Å²) in [4.78, 5) is 24.1. The minimum absolute atomic E-state index is 0.0321. The Morgan fingerprint density at radius 3 is 2.53 bits per heavy atom. The van der Waals surface area contributed by atoms with E-state index in [0.717, 1.165) is 12.8 Å².